The first-order valence-electron chi connectivity index (χ1n) is 6.73. The summed E-state index contributed by atoms with van der Waals surface area (Å²) in [6.45, 7) is 3.26. The molecule has 0 bridgehead atoms. The van der Waals surface area contributed by atoms with Gasteiger partial charge in [-0.2, -0.15) is 0 Å². The highest BCUT2D eigenvalue weighted by Gasteiger charge is 2.17. The fourth-order valence-electron chi connectivity index (χ4n) is 2.34. The molecule has 1 N–H and O–H groups in total. The van der Waals surface area contributed by atoms with Gasteiger partial charge in [0.1, 0.15) is 17.2 Å². The van der Waals surface area contributed by atoms with E-state index < -0.39 is 9.85 Å². The Hall–Kier alpha value is -3.16. The van der Waals surface area contributed by atoms with E-state index in [4.69, 9.17) is 4.74 Å². The first-order valence-corrected chi connectivity index (χ1v) is 6.73. The fraction of sp³-hybridized carbons (Fsp3) is 0.200. The predicted octanol–water partition coefficient (Wildman–Crippen LogP) is 3.95. The topological polar surface area (TPSA) is 108 Å². The Bertz CT molecular complexity index is 766. The van der Waals surface area contributed by atoms with Crippen LogP contribution in [0.2, 0.25) is 0 Å². The number of aryl methyl sites for hydroxylation is 2. The number of rotatable bonds is 5. The van der Waals surface area contributed by atoms with Gasteiger partial charge < -0.3 is 10.1 Å². The van der Waals surface area contributed by atoms with Crippen LogP contribution >= 0.6 is 0 Å². The maximum atomic E-state index is 11.0. The molecular weight excluding hydrogens is 302 g/mol. The Kier molecular flexibility index (Phi) is 4.44. The van der Waals surface area contributed by atoms with Crippen LogP contribution in [0.25, 0.3) is 0 Å². The summed E-state index contributed by atoms with van der Waals surface area (Å²) in [5, 5.41) is 24.6. The molecule has 0 aliphatic heterocycles. The van der Waals surface area contributed by atoms with Gasteiger partial charge in [0.25, 0.3) is 11.4 Å². The second-order valence-electron chi connectivity index (χ2n) is 4.95. The standard InChI is InChI=1S/C15H15N3O5/c1-9-6-12(7-10(2)15(9)18(21)22)23-11-4-5-14(17(19)20)13(8-11)16-3/h4-8,16H,1-3H3. The molecule has 0 heterocycles. The summed E-state index contributed by atoms with van der Waals surface area (Å²) < 4.78 is 5.67. The van der Waals surface area contributed by atoms with Crippen molar-refractivity contribution in [2.75, 3.05) is 12.4 Å². The third kappa shape index (κ3) is 3.37. The number of benzene rings is 2. The quantitative estimate of drug-likeness (QED) is 0.660. The summed E-state index contributed by atoms with van der Waals surface area (Å²) >= 11 is 0. The summed E-state index contributed by atoms with van der Waals surface area (Å²) in [5.74, 6) is 0.828. The molecule has 0 spiro atoms. The van der Waals surface area contributed by atoms with Crippen LogP contribution in [-0.4, -0.2) is 16.9 Å². The van der Waals surface area contributed by atoms with E-state index in [-0.39, 0.29) is 11.4 Å². The molecule has 0 aromatic heterocycles. The van der Waals surface area contributed by atoms with Crippen molar-refractivity contribution in [3.63, 3.8) is 0 Å². The lowest BCUT2D eigenvalue weighted by Gasteiger charge is -2.10. The largest absolute Gasteiger partial charge is 0.457 e. The van der Waals surface area contributed by atoms with Crippen molar-refractivity contribution >= 4 is 17.1 Å². The molecule has 0 unspecified atom stereocenters. The van der Waals surface area contributed by atoms with Gasteiger partial charge in [-0.25, -0.2) is 0 Å². The van der Waals surface area contributed by atoms with Crippen LogP contribution in [0.5, 0.6) is 11.5 Å². The summed E-state index contributed by atoms with van der Waals surface area (Å²) in [7, 11) is 1.58. The zero-order valence-electron chi connectivity index (χ0n) is 12.8. The Labute approximate surface area is 132 Å². The Morgan fingerprint density at radius 3 is 2.04 bits per heavy atom. The highest BCUT2D eigenvalue weighted by atomic mass is 16.6. The molecule has 0 atom stereocenters. The van der Waals surface area contributed by atoms with Gasteiger partial charge in [0.05, 0.1) is 9.85 Å². The molecule has 0 aliphatic carbocycles. The minimum atomic E-state index is -0.490. The average molecular weight is 317 g/mol. The monoisotopic (exact) mass is 317 g/mol. The van der Waals surface area contributed by atoms with Crippen LogP contribution in [0.1, 0.15) is 11.1 Å². The highest BCUT2D eigenvalue weighted by Crippen LogP contribution is 2.34. The van der Waals surface area contributed by atoms with E-state index >= 15 is 0 Å². The molecule has 0 amide bonds. The molecule has 2 aromatic carbocycles. The summed E-state index contributed by atoms with van der Waals surface area (Å²) in [4.78, 5) is 21.0. The van der Waals surface area contributed by atoms with E-state index in [1.54, 1.807) is 33.0 Å². The van der Waals surface area contributed by atoms with Gasteiger partial charge in [-0.05, 0) is 32.0 Å². The van der Waals surface area contributed by atoms with Crippen molar-refractivity contribution < 1.29 is 14.6 Å². The third-order valence-electron chi connectivity index (χ3n) is 3.32. The number of nitro benzene ring substituents is 2. The van der Waals surface area contributed by atoms with Crippen LogP contribution in [0, 0.1) is 34.1 Å². The molecule has 2 rings (SSSR count). The van der Waals surface area contributed by atoms with Crippen LogP contribution in [0.3, 0.4) is 0 Å². The lowest BCUT2D eigenvalue weighted by atomic mass is 10.1. The first-order chi connectivity index (χ1) is 10.8. The van der Waals surface area contributed by atoms with E-state index in [0.717, 1.165) is 0 Å². The van der Waals surface area contributed by atoms with Crippen molar-refractivity contribution in [2.24, 2.45) is 0 Å². The Morgan fingerprint density at radius 1 is 0.957 bits per heavy atom. The van der Waals surface area contributed by atoms with Crippen molar-refractivity contribution in [3.8, 4) is 11.5 Å². The number of nitrogens with zero attached hydrogens (tertiary/aromatic N) is 2. The van der Waals surface area contributed by atoms with Crippen LogP contribution in [0.4, 0.5) is 17.1 Å². The van der Waals surface area contributed by atoms with Crippen molar-refractivity contribution in [1.29, 1.82) is 0 Å². The second kappa shape index (κ2) is 6.30. The molecule has 0 saturated carbocycles. The minimum Gasteiger partial charge on any atom is -0.457 e. The van der Waals surface area contributed by atoms with Gasteiger partial charge in [-0.1, -0.05) is 0 Å². The predicted molar refractivity (Wildman–Crippen MR) is 85.3 cm³/mol. The first kappa shape index (κ1) is 16.2. The van der Waals surface area contributed by atoms with E-state index in [9.17, 15) is 20.2 Å². The van der Waals surface area contributed by atoms with E-state index in [1.807, 2.05) is 0 Å². The van der Waals surface area contributed by atoms with Crippen molar-refractivity contribution in [1.82, 2.24) is 0 Å². The third-order valence-corrected chi connectivity index (χ3v) is 3.32. The van der Waals surface area contributed by atoms with Gasteiger partial charge in [-0.15, -0.1) is 0 Å². The zero-order chi connectivity index (χ0) is 17.1. The molecule has 2 aromatic rings. The van der Waals surface area contributed by atoms with E-state index in [2.05, 4.69) is 5.32 Å². The lowest BCUT2D eigenvalue weighted by molar-refractivity contribution is -0.386. The van der Waals surface area contributed by atoms with Gasteiger partial charge >= 0.3 is 0 Å². The zero-order valence-corrected chi connectivity index (χ0v) is 12.8. The van der Waals surface area contributed by atoms with Gasteiger partial charge in [0, 0.05) is 30.3 Å². The summed E-state index contributed by atoms with van der Waals surface area (Å²) in [6.07, 6.45) is 0. The number of nitrogens with one attached hydrogen (secondary N) is 1. The average Bonchev–Trinajstić information content (AvgIpc) is 2.45. The molecule has 8 nitrogen and oxygen atoms in total. The van der Waals surface area contributed by atoms with Gasteiger partial charge in [0.2, 0.25) is 0 Å². The van der Waals surface area contributed by atoms with Gasteiger partial charge in [-0.3, -0.25) is 20.2 Å². The van der Waals surface area contributed by atoms with Crippen molar-refractivity contribution in [2.45, 2.75) is 13.8 Å². The van der Waals surface area contributed by atoms with Crippen molar-refractivity contribution in [3.05, 3.63) is 61.7 Å². The second-order valence-corrected chi connectivity index (χ2v) is 4.95. The van der Waals surface area contributed by atoms with Crippen LogP contribution in [-0.2, 0) is 0 Å². The Balaban J connectivity index is 2.36. The lowest BCUT2D eigenvalue weighted by Crippen LogP contribution is -1.98. The molecule has 0 radical (unpaired) electrons. The SMILES string of the molecule is CNc1cc(Oc2cc(C)c([N+](=O)[O-])c(C)c2)ccc1[N+](=O)[O-]. The van der Waals surface area contributed by atoms with Gasteiger partial charge in [0.15, 0.2) is 0 Å². The van der Waals surface area contributed by atoms with E-state index in [0.29, 0.717) is 28.3 Å². The molecule has 0 saturated heterocycles. The van der Waals surface area contributed by atoms with Crippen LogP contribution < -0.4 is 10.1 Å². The highest BCUT2D eigenvalue weighted by molar-refractivity contribution is 5.64. The number of hydrogen-bond donors (Lipinski definition) is 1. The number of nitro groups is 2. The molecule has 8 heteroatoms. The maximum absolute atomic E-state index is 11.0. The number of ether oxygens (including phenoxy) is 1. The number of anilines is 1. The molecular formula is C15H15N3O5. The maximum Gasteiger partial charge on any atom is 0.292 e. The van der Waals surface area contributed by atoms with E-state index in [1.165, 1.54) is 18.2 Å². The molecule has 0 aliphatic rings. The molecule has 120 valence electrons. The smallest absolute Gasteiger partial charge is 0.292 e. The Morgan fingerprint density at radius 2 is 1.57 bits per heavy atom. The number of hydrogen-bond acceptors (Lipinski definition) is 6. The fourth-order valence-corrected chi connectivity index (χ4v) is 2.34. The minimum absolute atomic E-state index is 0.0527. The molecule has 23 heavy (non-hydrogen) atoms. The van der Waals surface area contributed by atoms with Crippen LogP contribution in [0.15, 0.2) is 30.3 Å². The summed E-state index contributed by atoms with van der Waals surface area (Å²) in [5.41, 5.74) is 1.29. The molecule has 0 fully saturated rings. The summed E-state index contributed by atoms with van der Waals surface area (Å²) in [6, 6.07) is 7.44. The normalized spacial score (nSPS) is 10.2.